The molecule has 1 atom stereocenters. The third kappa shape index (κ3) is 2.52. The van der Waals surface area contributed by atoms with E-state index in [4.69, 9.17) is 4.42 Å². The molecule has 2 aromatic rings. The maximum Gasteiger partial charge on any atom is 0.323 e. The lowest BCUT2D eigenvalue weighted by Crippen LogP contribution is -2.34. The minimum Gasteiger partial charge on any atom is -0.467 e. The molecule has 2 aromatic heterocycles. The van der Waals surface area contributed by atoms with Crippen LogP contribution in [0.3, 0.4) is 0 Å². The maximum atomic E-state index is 12.4. The molecule has 0 spiro atoms. The number of urea groups is 1. The van der Waals surface area contributed by atoms with E-state index in [1.54, 1.807) is 12.3 Å². The lowest BCUT2D eigenvalue weighted by atomic mass is 10.2. The van der Waals surface area contributed by atoms with Crippen molar-refractivity contribution in [2.75, 3.05) is 11.9 Å². The Morgan fingerprint density at radius 3 is 3.05 bits per heavy atom. The summed E-state index contributed by atoms with van der Waals surface area (Å²) in [5.74, 6) is 1.43. The van der Waals surface area contributed by atoms with Crippen LogP contribution >= 0.6 is 0 Å². The highest BCUT2D eigenvalue weighted by molar-refractivity contribution is 5.88. The Balaban J connectivity index is 1.73. The normalized spacial score (nSPS) is 18.2. The predicted molar refractivity (Wildman–Crippen MR) is 75.4 cm³/mol. The molecular formula is C15H17N3O2. The average molecular weight is 271 g/mol. The number of carbonyl (C=O) groups is 1. The summed E-state index contributed by atoms with van der Waals surface area (Å²) in [5, 5.41) is 2.85. The Bertz CT molecular complexity index is 595. The highest BCUT2D eigenvalue weighted by Crippen LogP contribution is 2.32. The van der Waals surface area contributed by atoms with E-state index in [0.29, 0.717) is 5.82 Å². The molecule has 104 valence electrons. The van der Waals surface area contributed by atoms with Crippen molar-refractivity contribution in [3.8, 4) is 0 Å². The minimum absolute atomic E-state index is 0.0230. The number of aromatic nitrogens is 1. The van der Waals surface area contributed by atoms with E-state index < -0.39 is 0 Å². The second-order valence-electron chi connectivity index (χ2n) is 4.96. The van der Waals surface area contributed by atoms with Crippen LogP contribution in [0, 0.1) is 6.92 Å². The van der Waals surface area contributed by atoms with Gasteiger partial charge in [0, 0.05) is 12.2 Å². The van der Waals surface area contributed by atoms with Crippen molar-refractivity contribution in [1.29, 1.82) is 0 Å². The van der Waals surface area contributed by atoms with Gasteiger partial charge in [-0.15, -0.1) is 0 Å². The number of furan rings is 1. The first-order valence-electron chi connectivity index (χ1n) is 6.79. The third-order valence-corrected chi connectivity index (χ3v) is 3.51. The topological polar surface area (TPSA) is 58.4 Å². The minimum atomic E-state index is -0.123. The quantitative estimate of drug-likeness (QED) is 0.911. The van der Waals surface area contributed by atoms with Crippen molar-refractivity contribution in [3.05, 3.63) is 48.0 Å². The summed E-state index contributed by atoms with van der Waals surface area (Å²) in [6.07, 6.45) is 3.56. The van der Waals surface area contributed by atoms with Gasteiger partial charge < -0.3 is 9.32 Å². The number of aryl methyl sites for hydroxylation is 1. The highest BCUT2D eigenvalue weighted by Gasteiger charge is 2.31. The van der Waals surface area contributed by atoms with Crippen LogP contribution in [-0.2, 0) is 0 Å². The zero-order valence-corrected chi connectivity index (χ0v) is 11.4. The molecule has 5 nitrogen and oxygen atoms in total. The van der Waals surface area contributed by atoms with E-state index in [0.717, 1.165) is 30.8 Å². The fourth-order valence-electron chi connectivity index (χ4n) is 2.58. The average Bonchev–Trinajstić information content (AvgIpc) is 3.09. The van der Waals surface area contributed by atoms with Gasteiger partial charge in [0.15, 0.2) is 0 Å². The number of nitrogens with zero attached hydrogens (tertiary/aromatic N) is 2. The molecule has 0 aromatic carbocycles. The highest BCUT2D eigenvalue weighted by atomic mass is 16.3. The van der Waals surface area contributed by atoms with Gasteiger partial charge in [-0.05, 0) is 44.0 Å². The predicted octanol–water partition coefficient (Wildman–Crippen LogP) is 3.35. The SMILES string of the molecule is Cc1cccc(NC(=O)N2CCCC2c2ccco2)n1. The van der Waals surface area contributed by atoms with Crippen LogP contribution in [-0.4, -0.2) is 22.5 Å². The van der Waals surface area contributed by atoms with E-state index in [-0.39, 0.29) is 12.1 Å². The van der Waals surface area contributed by atoms with Crippen LogP contribution in [0.15, 0.2) is 41.0 Å². The van der Waals surface area contributed by atoms with Crippen molar-refractivity contribution < 1.29 is 9.21 Å². The van der Waals surface area contributed by atoms with Gasteiger partial charge in [0.25, 0.3) is 0 Å². The first kappa shape index (κ1) is 12.7. The molecule has 1 unspecified atom stereocenters. The molecule has 2 amide bonds. The third-order valence-electron chi connectivity index (χ3n) is 3.51. The van der Waals surface area contributed by atoms with Gasteiger partial charge in [-0.2, -0.15) is 0 Å². The molecule has 3 heterocycles. The number of amides is 2. The molecule has 20 heavy (non-hydrogen) atoms. The molecule has 1 aliphatic heterocycles. The van der Waals surface area contributed by atoms with Crippen LogP contribution < -0.4 is 5.32 Å². The van der Waals surface area contributed by atoms with E-state index in [1.165, 1.54) is 0 Å². The van der Waals surface area contributed by atoms with Gasteiger partial charge in [-0.1, -0.05) is 6.07 Å². The number of hydrogen-bond donors (Lipinski definition) is 1. The Labute approximate surface area is 117 Å². The molecule has 0 bridgehead atoms. The van der Waals surface area contributed by atoms with Crippen LogP contribution in [0.25, 0.3) is 0 Å². The summed E-state index contributed by atoms with van der Waals surface area (Å²) in [6, 6.07) is 9.25. The number of nitrogens with one attached hydrogen (secondary N) is 1. The summed E-state index contributed by atoms with van der Waals surface area (Å²) in [6.45, 7) is 2.64. The zero-order chi connectivity index (χ0) is 13.9. The molecule has 1 N–H and O–H groups in total. The van der Waals surface area contributed by atoms with Crippen LogP contribution in [0.5, 0.6) is 0 Å². The second-order valence-corrected chi connectivity index (χ2v) is 4.96. The summed E-state index contributed by atoms with van der Waals surface area (Å²) < 4.78 is 5.43. The monoisotopic (exact) mass is 271 g/mol. The number of likely N-dealkylation sites (tertiary alicyclic amines) is 1. The van der Waals surface area contributed by atoms with Gasteiger partial charge in [-0.25, -0.2) is 9.78 Å². The Kier molecular flexibility index (Phi) is 3.41. The van der Waals surface area contributed by atoms with Gasteiger partial charge in [0.1, 0.15) is 11.6 Å². The van der Waals surface area contributed by atoms with Gasteiger partial charge >= 0.3 is 6.03 Å². The van der Waals surface area contributed by atoms with Crippen molar-refractivity contribution in [1.82, 2.24) is 9.88 Å². The number of hydrogen-bond acceptors (Lipinski definition) is 3. The lowest BCUT2D eigenvalue weighted by molar-refractivity contribution is 0.200. The Morgan fingerprint density at radius 2 is 2.30 bits per heavy atom. The van der Waals surface area contributed by atoms with Crippen LogP contribution in [0.1, 0.15) is 30.3 Å². The standard InChI is InChI=1S/C15H17N3O2/c1-11-5-2-8-14(16-11)17-15(19)18-9-3-6-12(18)13-7-4-10-20-13/h2,4-5,7-8,10,12H,3,6,9H2,1H3,(H,16,17,19). The Morgan fingerprint density at radius 1 is 1.40 bits per heavy atom. The molecule has 1 fully saturated rings. The van der Waals surface area contributed by atoms with E-state index >= 15 is 0 Å². The number of pyridine rings is 1. The molecule has 5 heteroatoms. The first-order chi connectivity index (χ1) is 9.74. The van der Waals surface area contributed by atoms with E-state index in [1.807, 2.05) is 36.1 Å². The molecule has 1 aliphatic rings. The summed E-state index contributed by atoms with van der Waals surface area (Å²) in [7, 11) is 0. The van der Waals surface area contributed by atoms with Crippen molar-refractivity contribution in [3.63, 3.8) is 0 Å². The summed E-state index contributed by atoms with van der Waals surface area (Å²) >= 11 is 0. The van der Waals surface area contributed by atoms with Crippen molar-refractivity contribution >= 4 is 11.8 Å². The summed E-state index contributed by atoms with van der Waals surface area (Å²) in [5.41, 5.74) is 0.881. The molecule has 0 aliphatic carbocycles. The number of rotatable bonds is 2. The van der Waals surface area contributed by atoms with Crippen molar-refractivity contribution in [2.24, 2.45) is 0 Å². The van der Waals surface area contributed by atoms with Gasteiger partial charge in [0.05, 0.1) is 12.3 Å². The molecule has 0 radical (unpaired) electrons. The van der Waals surface area contributed by atoms with Crippen LogP contribution in [0.4, 0.5) is 10.6 Å². The van der Waals surface area contributed by atoms with Gasteiger partial charge in [0.2, 0.25) is 0 Å². The molecule has 3 rings (SSSR count). The summed E-state index contributed by atoms with van der Waals surface area (Å²) in [4.78, 5) is 18.5. The lowest BCUT2D eigenvalue weighted by Gasteiger charge is -2.23. The maximum absolute atomic E-state index is 12.4. The smallest absolute Gasteiger partial charge is 0.323 e. The number of anilines is 1. The van der Waals surface area contributed by atoms with E-state index in [9.17, 15) is 4.79 Å². The fraction of sp³-hybridized carbons (Fsp3) is 0.333. The van der Waals surface area contributed by atoms with E-state index in [2.05, 4.69) is 10.3 Å². The fourth-order valence-corrected chi connectivity index (χ4v) is 2.58. The molecule has 1 saturated heterocycles. The number of carbonyl (C=O) groups excluding carboxylic acids is 1. The van der Waals surface area contributed by atoms with Gasteiger partial charge in [-0.3, -0.25) is 5.32 Å². The first-order valence-corrected chi connectivity index (χ1v) is 6.79. The Hall–Kier alpha value is -2.30. The largest absolute Gasteiger partial charge is 0.467 e. The zero-order valence-electron chi connectivity index (χ0n) is 11.4. The second kappa shape index (κ2) is 5.36. The molecule has 0 saturated carbocycles. The molecular weight excluding hydrogens is 254 g/mol. The van der Waals surface area contributed by atoms with Crippen molar-refractivity contribution in [2.45, 2.75) is 25.8 Å². The van der Waals surface area contributed by atoms with Crippen LogP contribution in [0.2, 0.25) is 0 Å².